The Morgan fingerprint density at radius 3 is 1.27 bits per heavy atom. The molecule has 0 aliphatic heterocycles. The normalized spacial score (nSPS) is 14.8. The Hall–Kier alpha value is 0.634. The van der Waals surface area contributed by atoms with Crippen molar-refractivity contribution in [1.82, 2.24) is 0 Å². The quantitative estimate of drug-likeness (QED) is 0.435. The Balaban J connectivity index is -0.000000160. The third kappa shape index (κ3) is 10.9. The zero-order chi connectivity index (χ0) is 8.81. The van der Waals surface area contributed by atoms with Crippen LogP contribution < -0.4 is 0 Å². The Kier molecular flexibility index (Phi) is 17.8. The molecular formula is C12H16Br2Ti. The first-order valence-electron chi connectivity index (χ1n) is 4.27. The molecule has 0 radical (unpaired) electrons. The molecular weight excluding hydrogens is 352 g/mol. The Bertz CT molecular complexity index is 229. The molecule has 0 spiro atoms. The molecule has 82 valence electrons. The fraction of sp³-hybridized carbons (Fsp3) is 0.333. The molecule has 2 aliphatic rings. The van der Waals surface area contributed by atoms with Crippen LogP contribution in [0.15, 0.2) is 35.5 Å². The van der Waals surface area contributed by atoms with Crippen LogP contribution in [0.4, 0.5) is 0 Å². The van der Waals surface area contributed by atoms with E-state index < -0.39 is 0 Å². The van der Waals surface area contributed by atoms with Gasteiger partial charge < -0.3 is 0 Å². The average molecular weight is 368 g/mol. The second kappa shape index (κ2) is 12.7. The van der Waals surface area contributed by atoms with E-state index in [1.54, 1.807) is 0 Å². The smallest absolute Gasteiger partial charge is 0.270 e. The largest absolute Gasteiger partial charge is 2.00 e. The van der Waals surface area contributed by atoms with E-state index in [9.17, 15) is 0 Å². The molecule has 0 unspecified atom stereocenters. The van der Waals surface area contributed by atoms with Gasteiger partial charge in [-0.25, -0.2) is 23.3 Å². The number of rotatable bonds is 0. The summed E-state index contributed by atoms with van der Waals surface area (Å²) in [6, 6.07) is 0. The maximum atomic E-state index is 3.12. The van der Waals surface area contributed by atoms with Crippen molar-refractivity contribution in [3.63, 3.8) is 0 Å². The van der Waals surface area contributed by atoms with Gasteiger partial charge in [-0.3, -0.25) is 12.2 Å². The summed E-state index contributed by atoms with van der Waals surface area (Å²) >= 11 is 0. The molecule has 2 aliphatic carbocycles. The van der Waals surface area contributed by atoms with Gasteiger partial charge in [0.25, 0.3) is 0 Å². The van der Waals surface area contributed by atoms with E-state index in [1.165, 1.54) is 11.1 Å². The monoisotopic (exact) mass is 366 g/mol. The first-order valence-corrected chi connectivity index (χ1v) is 4.27. The van der Waals surface area contributed by atoms with Gasteiger partial charge >= 0.3 is 21.7 Å². The molecule has 0 saturated carbocycles. The molecule has 15 heavy (non-hydrogen) atoms. The SMILES string of the molecule is Br.Br.CC1=[C-]CC=C1.CC1=[C-]CC=C1.[Ti+2]. The summed E-state index contributed by atoms with van der Waals surface area (Å²) in [4.78, 5) is 0. The van der Waals surface area contributed by atoms with E-state index in [-0.39, 0.29) is 55.7 Å². The maximum absolute atomic E-state index is 3.12. The van der Waals surface area contributed by atoms with Crippen LogP contribution in [0.2, 0.25) is 0 Å². The van der Waals surface area contributed by atoms with Crippen LogP contribution in [-0.4, -0.2) is 0 Å². The Morgan fingerprint density at radius 2 is 1.20 bits per heavy atom. The molecule has 0 aromatic heterocycles. The van der Waals surface area contributed by atoms with Gasteiger partial charge in [-0.1, -0.05) is 13.8 Å². The van der Waals surface area contributed by atoms with Crippen LogP contribution >= 0.6 is 34.0 Å². The molecule has 0 atom stereocenters. The summed E-state index contributed by atoms with van der Waals surface area (Å²) in [7, 11) is 0. The van der Waals surface area contributed by atoms with Crippen molar-refractivity contribution >= 4 is 34.0 Å². The van der Waals surface area contributed by atoms with E-state index in [1.807, 2.05) is 0 Å². The molecule has 0 nitrogen and oxygen atoms in total. The van der Waals surface area contributed by atoms with Crippen molar-refractivity contribution in [2.24, 2.45) is 0 Å². The van der Waals surface area contributed by atoms with Crippen molar-refractivity contribution in [2.75, 3.05) is 0 Å². The molecule has 3 heteroatoms. The second-order valence-corrected chi connectivity index (χ2v) is 2.93. The number of hydrogen-bond donors (Lipinski definition) is 0. The molecule has 0 fully saturated rings. The molecule has 0 saturated heterocycles. The fourth-order valence-corrected chi connectivity index (χ4v) is 1.03. The zero-order valence-corrected chi connectivity index (χ0v) is 14.0. The van der Waals surface area contributed by atoms with E-state index in [0.717, 1.165) is 12.8 Å². The minimum Gasteiger partial charge on any atom is -0.270 e. The summed E-state index contributed by atoms with van der Waals surface area (Å²) < 4.78 is 0. The van der Waals surface area contributed by atoms with E-state index in [0.29, 0.717) is 0 Å². The van der Waals surface area contributed by atoms with Crippen LogP contribution in [0.1, 0.15) is 26.7 Å². The van der Waals surface area contributed by atoms with Crippen molar-refractivity contribution in [3.05, 3.63) is 47.6 Å². The van der Waals surface area contributed by atoms with Gasteiger partial charge in [-0.15, -0.1) is 46.8 Å². The summed E-state index contributed by atoms with van der Waals surface area (Å²) in [5, 5.41) is 0. The number of allylic oxidation sites excluding steroid dienone is 8. The summed E-state index contributed by atoms with van der Waals surface area (Å²) in [5.41, 5.74) is 2.55. The van der Waals surface area contributed by atoms with Gasteiger partial charge in [-0.05, 0) is 0 Å². The van der Waals surface area contributed by atoms with Gasteiger partial charge in [0.15, 0.2) is 0 Å². The van der Waals surface area contributed by atoms with Gasteiger partial charge in [-0.2, -0.15) is 12.2 Å². The van der Waals surface area contributed by atoms with E-state index >= 15 is 0 Å². The van der Waals surface area contributed by atoms with Gasteiger partial charge in [0.05, 0.1) is 0 Å². The van der Waals surface area contributed by atoms with Gasteiger partial charge in [0.1, 0.15) is 0 Å². The number of hydrogen-bond acceptors (Lipinski definition) is 0. The topological polar surface area (TPSA) is 0 Å². The minimum absolute atomic E-state index is 0. The predicted molar refractivity (Wildman–Crippen MR) is 73.0 cm³/mol. The third-order valence-corrected chi connectivity index (χ3v) is 1.73. The third-order valence-electron chi connectivity index (χ3n) is 1.73. The van der Waals surface area contributed by atoms with Gasteiger partial charge in [0, 0.05) is 0 Å². The van der Waals surface area contributed by atoms with E-state index in [2.05, 4.69) is 50.3 Å². The minimum atomic E-state index is 0. The van der Waals surface area contributed by atoms with Crippen molar-refractivity contribution in [1.29, 1.82) is 0 Å². The van der Waals surface area contributed by atoms with Crippen LogP contribution in [-0.2, 0) is 21.7 Å². The van der Waals surface area contributed by atoms with Crippen LogP contribution in [0.25, 0.3) is 0 Å². The standard InChI is InChI=1S/2C6H7.2BrH.Ti/c2*1-6-4-2-3-5-6;;;/h2*2,4H,3H2,1H3;2*1H;/q2*-1;;;+2. The predicted octanol–water partition coefficient (Wildman–Crippen LogP) is 4.54. The molecule has 0 amide bonds. The van der Waals surface area contributed by atoms with Crippen molar-refractivity contribution < 1.29 is 21.7 Å². The van der Waals surface area contributed by atoms with Crippen molar-refractivity contribution in [3.8, 4) is 0 Å². The van der Waals surface area contributed by atoms with Gasteiger partial charge in [0.2, 0.25) is 0 Å². The maximum Gasteiger partial charge on any atom is 2.00 e. The Labute approximate surface area is 129 Å². The van der Waals surface area contributed by atoms with Crippen LogP contribution in [0.5, 0.6) is 0 Å². The van der Waals surface area contributed by atoms with Crippen molar-refractivity contribution in [2.45, 2.75) is 26.7 Å². The summed E-state index contributed by atoms with van der Waals surface area (Å²) in [6.45, 7) is 4.12. The first-order chi connectivity index (χ1) is 5.79. The molecule has 0 N–H and O–H groups in total. The number of halogens is 2. The second-order valence-electron chi connectivity index (χ2n) is 2.93. The molecule has 0 aromatic rings. The van der Waals surface area contributed by atoms with Crippen LogP contribution in [0.3, 0.4) is 0 Å². The molecule has 0 aromatic carbocycles. The molecule has 2 rings (SSSR count). The average Bonchev–Trinajstić information content (AvgIpc) is 2.63. The van der Waals surface area contributed by atoms with Crippen LogP contribution in [0, 0.1) is 12.2 Å². The zero-order valence-electron chi connectivity index (χ0n) is 9.04. The summed E-state index contributed by atoms with van der Waals surface area (Å²) in [5.74, 6) is 0. The summed E-state index contributed by atoms with van der Waals surface area (Å²) in [6.07, 6.45) is 16.7. The first kappa shape index (κ1) is 21.0. The fourth-order valence-electron chi connectivity index (χ4n) is 1.03. The Morgan fingerprint density at radius 1 is 0.867 bits per heavy atom. The van der Waals surface area contributed by atoms with E-state index in [4.69, 9.17) is 0 Å². The molecule has 0 heterocycles. The molecule has 0 bridgehead atoms.